The van der Waals surface area contributed by atoms with E-state index >= 15 is 0 Å². The Balaban J connectivity index is 1.73. The van der Waals surface area contributed by atoms with Crippen LogP contribution in [0.15, 0.2) is 28.9 Å². The molecule has 1 aliphatic rings. The summed E-state index contributed by atoms with van der Waals surface area (Å²) < 4.78 is 5.42. The fourth-order valence-electron chi connectivity index (χ4n) is 2.76. The maximum absolute atomic E-state index is 5.42. The number of pyridine rings is 1. The third-order valence-electron chi connectivity index (χ3n) is 3.75. The first-order valence-electron chi connectivity index (χ1n) is 6.76. The molecule has 5 nitrogen and oxygen atoms in total. The van der Waals surface area contributed by atoms with Crippen molar-refractivity contribution in [2.75, 3.05) is 7.05 Å². The molecule has 100 valence electrons. The summed E-state index contributed by atoms with van der Waals surface area (Å²) in [7, 11) is 1.99. The van der Waals surface area contributed by atoms with Crippen LogP contribution in [0.1, 0.15) is 42.6 Å². The topological polar surface area (TPSA) is 63.8 Å². The average Bonchev–Trinajstić information content (AvgIpc) is 3.07. The average molecular weight is 258 g/mol. The maximum atomic E-state index is 5.42. The molecule has 0 aliphatic heterocycles. The highest BCUT2D eigenvalue weighted by Crippen LogP contribution is 2.33. The van der Waals surface area contributed by atoms with Crippen molar-refractivity contribution in [3.05, 3.63) is 41.8 Å². The Morgan fingerprint density at radius 2 is 2.32 bits per heavy atom. The van der Waals surface area contributed by atoms with Gasteiger partial charge >= 0.3 is 0 Å². The molecule has 1 fully saturated rings. The molecule has 2 aromatic heterocycles. The molecule has 1 saturated carbocycles. The van der Waals surface area contributed by atoms with Crippen LogP contribution in [0.25, 0.3) is 0 Å². The second kappa shape index (κ2) is 5.48. The predicted octanol–water partition coefficient (Wildman–Crippen LogP) is 1.91. The summed E-state index contributed by atoms with van der Waals surface area (Å²) >= 11 is 0. The van der Waals surface area contributed by atoms with Gasteiger partial charge in [0.1, 0.15) is 0 Å². The summed E-state index contributed by atoms with van der Waals surface area (Å²) in [6.45, 7) is 0. The van der Waals surface area contributed by atoms with Gasteiger partial charge in [0.25, 0.3) is 0 Å². The van der Waals surface area contributed by atoms with E-state index < -0.39 is 0 Å². The Hall–Kier alpha value is -1.75. The van der Waals surface area contributed by atoms with Crippen LogP contribution in [0, 0.1) is 0 Å². The number of hydrogen-bond donors (Lipinski definition) is 1. The van der Waals surface area contributed by atoms with E-state index in [0.717, 1.165) is 23.8 Å². The van der Waals surface area contributed by atoms with Crippen LogP contribution < -0.4 is 5.32 Å². The second-order valence-corrected chi connectivity index (χ2v) is 4.98. The number of nitrogens with one attached hydrogen (secondary N) is 1. The minimum Gasteiger partial charge on any atom is -0.339 e. The molecule has 2 heterocycles. The normalized spacial score (nSPS) is 22.8. The van der Waals surface area contributed by atoms with Crippen molar-refractivity contribution in [1.82, 2.24) is 20.4 Å². The van der Waals surface area contributed by atoms with Gasteiger partial charge in [-0.1, -0.05) is 17.6 Å². The highest BCUT2D eigenvalue weighted by Gasteiger charge is 2.31. The van der Waals surface area contributed by atoms with Gasteiger partial charge in [-0.3, -0.25) is 4.98 Å². The first-order valence-corrected chi connectivity index (χ1v) is 6.76. The lowest BCUT2D eigenvalue weighted by molar-refractivity contribution is 0.332. The van der Waals surface area contributed by atoms with E-state index in [4.69, 9.17) is 4.52 Å². The number of hydrogen-bond acceptors (Lipinski definition) is 5. The highest BCUT2D eigenvalue weighted by atomic mass is 16.5. The van der Waals surface area contributed by atoms with Gasteiger partial charge in [-0.25, -0.2) is 0 Å². The van der Waals surface area contributed by atoms with Crippen LogP contribution in [-0.2, 0) is 6.42 Å². The molecule has 0 bridgehead atoms. The fraction of sp³-hybridized carbons (Fsp3) is 0.500. The molecule has 3 rings (SSSR count). The van der Waals surface area contributed by atoms with E-state index in [2.05, 4.69) is 20.4 Å². The van der Waals surface area contributed by atoms with E-state index in [9.17, 15) is 0 Å². The third kappa shape index (κ3) is 2.66. The van der Waals surface area contributed by atoms with Crippen molar-refractivity contribution in [2.45, 2.75) is 37.6 Å². The highest BCUT2D eigenvalue weighted by molar-refractivity contribution is 5.10. The smallest absolute Gasteiger partial charge is 0.231 e. The second-order valence-electron chi connectivity index (χ2n) is 4.98. The van der Waals surface area contributed by atoms with Crippen molar-refractivity contribution < 1.29 is 4.52 Å². The zero-order valence-electron chi connectivity index (χ0n) is 11.0. The van der Waals surface area contributed by atoms with Crippen molar-refractivity contribution in [3.8, 4) is 0 Å². The number of aromatic nitrogens is 3. The molecule has 0 saturated heterocycles. The van der Waals surface area contributed by atoms with Crippen LogP contribution in [0.5, 0.6) is 0 Å². The number of rotatable bonds is 4. The first-order chi connectivity index (χ1) is 9.36. The van der Waals surface area contributed by atoms with Gasteiger partial charge in [0.05, 0.1) is 12.3 Å². The quantitative estimate of drug-likeness (QED) is 0.907. The van der Waals surface area contributed by atoms with E-state index in [-0.39, 0.29) is 0 Å². The predicted molar refractivity (Wildman–Crippen MR) is 70.8 cm³/mol. The van der Waals surface area contributed by atoms with Gasteiger partial charge in [0.15, 0.2) is 5.82 Å². The van der Waals surface area contributed by atoms with Crippen molar-refractivity contribution >= 4 is 0 Å². The Bertz CT molecular complexity index is 525. The molecule has 2 unspecified atom stereocenters. The summed E-state index contributed by atoms with van der Waals surface area (Å²) in [5, 5.41) is 7.40. The van der Waals surface area contributed by atoms with Crippen molar-refractivity contribution in [2.24, 2.45) is 0 Å². The van der Waals surface area contributed by atoms with E-state index in [1.54, 1.807) is 6.20 Å². The summed E-state index contributed by atoms with van der Waals surface area (Å²) in [6, 6.07) is 6.31. The standard InChI is InChI=1S/C14H18N4O/c1-15-12-7-4-6-11(12)14-17-13(18-19-14)9-10-5-2-3-8-16-10/h2-3,5,8,11-12,15H,4,6-7,9H2,1H3. The Morgan fingerprint density at radius 1 is 1.37 bits per heavy atom. The monoisotopic (exact) mass is 258 g/mol. The zero-order chi connectivity index (χ0) is 13.1. The first kappa shape index (κ1) is 12.3. The molecule has 2 aromatic rings. The van der Waals surface area contributed by atoms with Gasteiger partial charge in [-0.05, 0) is 32.0 Å². The van der Waals surface area contributed by atoms with Crippen LogP contribution in [-0.4, -0.2) is 28.2 Å². The van der Waals surface area contributed by atoms with Gasteiger partial charge in [-0.15, -0.1) is 0 Å². The lowest BCUT2D eigenvalue weighted by Crippen LogP contribution is -2.27. The lowest BCUT2D eigenvalue weighted by atomic mass is 10.0. The van der Waals surface area contributed by atoms with Crippen LogP contribution >= 0.6 is 0 Å². The number of nitrogens with zero attached hydrogens (tertiary/aromatic N) is 3. The molecule has 0 spiro atoms. The van der Waals surface area contributed by atoms with Gasteiger partial charge in [-0.2, -0.15) is 4.98 Å². The van der Waals surface area contributed by atoms with Crippen molar-refractivity contribution in [1.29, 1.82) is 0 Å². The molecular weight excluding hydrogens is 240 g/mol. The fourth-order valence-corrected chi connectivity index (χ4v) is 2.76. The van der Waals surface area contributed by atoms with Crippen LogP contribution in [0.3, 0.4) is 0 Å². The lowest BCUT2D eigenvalue weighted by Gasteiger charge is -2.14. The molecule has 2 atom stereocenters. The Labute approximate surface area is 112 Å². The van der Waals surface area contributed by atoms with Crippen LogP contribution in [0.2, 0.25) is 0 Å². The zero-order valence-corrected chi connectivity index (χ0v) is 11.0. The SMILES string of the molecule is CNC1CCCC1c1nc(Cc2ccccn2)no1. The largest absolute Gasteiger partial charge is 0.339 e. The Morgan fingerprint density at radius 3 is 3.11 bits per heavy atom. The molecule has 1 aliphatic carbocycles. The van der Waals surface area contributed by atoms with E-state index in [0.29, 0.717) is 18.4 Å². The van der Waals surface area contributed by atoms with Gasteiger partial charge in [0, 0.05) is 17.9 Å². The van der Waals surface area contributed by atoms with Gasteiger partial charge < -0.3 is 9.84 Å². The molecule has 1 N–H and O–H groups in total. The molecule has 0 radical (unpaired) electrons. The van der Waals surface area contributed by atoms with Crippen molar-refractivity contribution in [3.63, 3.8) is 0 Å². The molecule has 0 amide bonds. The molecule has 5 heteroatoms. The number of likely N-dealkylation sites (N-methyl/N-ethyl adjacent to an activating group) is 1. The molecule has 19 heavy (non-hydrogen) atoms. The van der Waals surface area contributed by atoms with Gasteiger partial charge in [0.2, 0.25) is 5.89 Å². The minimum atomic E-state index is 0.356. The Kier molecular flexibility index (Phi) is 3.55. The summed E-state index contributed by atoms with van der Waals surface area (Å²) in [6.07, 6.45) is 5.93. The summed E-state index contributed by atoms with van der Waals surface area (Å²) in [5.41, 5.74) is 0.964. The van der Waals surface area contributed by atoms with Crippen LogP contribution in [0.4, 0.5) is 0 Å². The third-order valence-corrected chi connectivity index (χ3v) is 3.75. The summed E-state index contributed by atoms with van der Waals surface area (Å²) in [5.74, 6) is 1.84. The minimum absolute atomic E-state index is 0.356. The maximum Gasteiger partial charge on any atom is 0.231 e. The molecule has 0 aromatic carbocycles. The molecular formula is C14H18N4O. The van der Waals surface area contributed by atoms with E-state index in [1.807, 2.05) is 25.2 Å². The van der Waals surface area contributed by atoms with E-state index in [1.165, 1.54) is 12.8 Å². The summed E-state index contributed by atoms with van der Waals surface area (Å²) in [4.78, 5) is 8.81.